The first-order valence-corrected chi connectivity index (χ1v) is 8.37. The van der Waals surface area contributed by atoms with Crippen LogP contribution >= 0.6 is 0 Å². The molecule has 0 amide bonds. The first-order chi connectivity index (χ1) is 9.65. The van der Waals surface area contributed by atoms with Gasteiger partial charge in [0.25, 0.3) is 0 Å². The average Bonchev–Trinajstić information content (AvgIpc) is 3.25. The van der Waals surface area contributed by atoms with Crippen LogP contribution in [0.4, 0.5) is 0 Å². The molecule has 4 nitrogen and oxygen atoms in total. The highest BCUT2D eigenvalue weighted by atomic mass is 16.5. The van der Waals surface area contributed by atoms with E-state index in [9.17, 15) is 5.11 Å². The summed E-state index contributed by atoms with van der Waals surface area (Å²) in [5.74, 6) is 0.772. The minimum absolute atomic E-state index is 0.376. The fourth-order valence-corrected chi connectivity index (χ4v) is 2.31. The second-order valence-electron chi connectivity index (χ2n) is 6.11. The normalized spacial score (nSPS) is 18.4. The Hall–Kier alpha value is -0.160. The summed E-state index contributed by atoms with van der Waals surface area (Å²) in [5, 5.41) is 13.2. The minimum atomic E-state index is -0.376. The van der Waals surface area contributed by atoms with Gasteiger partial charge in [0.05, 0.1) is 12.7 Å². The van der Waals surface area contributed by atoms with Crippen LogP contribution in [0.15, 0.2) is 0 Å². The van der Waals surface area contributed by atoms with Gasteiger partial charge in [-0.15, -0.1) is 0 Å². The Labute approximate surface area is 124 Å². The Morgan fingerprint density at radius 2 is 2.00 bits per heavy atom. The van der Waals surface area contributed by atoms with E-state index in [4.69, 9.17) is 4.74 Å². The zero-order chi connectivity index (χ0) is 14.8. The molecule has 1 aliphatic rings. The molecule has 0 aromatic heterocycles. The first-order valence-electron chi connectivity index (χ1n) is 8.37. The molecule has 0 heterocycles. The minimum Gasteiger partial charge on any atom is -0.389 e. The molecule has 0 aliphatic heterocycles. The number of aliphatic hydroxyl groups is 1. The molecule has 0 saturated heterocycles. The van der Waals surface area contributed by atoms with Gasteiger partial charge in [-0.2, -0.15) is 0 Å². The molecule has 20 heavy (non-hydrogen) atoms. The third-order valence-electron chi connectivity index (χ3n) is 4.07. The van der Waals surface area contributed by atoms with E-state index in [2.05, 4.69) is 31.0 Å². The molecule has 0 bridgehead atoms. The Kier molecular flexibility index (Phi) is 9.44. The molecule has 1 saturated carbocycles. The summed E-state index contributed by atoms with van der Waals surface area (Å²) in [5.41, 5.74) is 0. The van der Waals surface area contributed by atoms with E-state index in [1.807, 2.05) is 0 Å². The highest BCUT2D eigenvalue weighted by Crippen LogP contribution is 2.28. The van der Waals surface area contributed by atoms with Crippen molar-refractivity contribution in [3.05, 3.63) is 0 Å². The summed E-state index contributed by atoms with van der Waals surface area (Å²) in [4.78, 5) is 2.45. The van der Waals surface area contributed by atoms with Crippen molar-refractivity contribution in [1.82, 2.24) is 10.2 Å². The van der Waals surface area contributed by atoms with Crippen molar-refractivity contribution in [3.8, 4) is 0 Å². The van der Waals surface area contributed by atoms with Gasteiger partial charge in [0.2, 0.25) is 0 Å². The Bertz CT molecular complexity index is 231. The van der Waals surface area contributed by atoms with Crippen molar-refractivity contribution in [2.75, 3.05) is 39.4 Å². The van der Waals surface area contributed by atoms with Crippen LogP contribution in [0.2, 0.25) is 0 Å². The number of hydrogen-bond donors (Lipinski definition) is 2. The van der Waals surface area contributed by atoms with Gasteiger partial charge in [-0.1, -0.05) is 13.8 Å². The molecule has 1 fully saturated rings. The van der Waals surface area contributed by atoms with E-state index in [0.29, 0.717) is 19.2 Å². The molecule has 0 aromatic rings. The lowest BCUT2D eigenvalue weighted by Gasteiger charge is -2.20. The van der Waals surface area contributed by atoms with E-state index >= 15 is 0 Å². The number of ether oxygens (including phenoxy) is 1. The third-order valence-corrected chi connectivity index (χ3v) is 4.07. The van der Waals surface area contributed by atoms with Crippen LogP contribution in [0.25, 0.3) is 0 Å². The van der Waals surface area contributed by atoms with Crippen molar-refractivity contribution in [1.29, 1.82) is 0 Å². The standard InChI is InChI=1S/C16H34N2O2/c1-4-18(5-2)10-6-7-14(3)17-11-16(19)13-20-12-15-8-9-15/h14-17,19H,4-13H2,1-3H3. The molecule has 4 heteroatoms. The van der Waals surface area contributed by atoms with Crippen LogP contribution in [-0.2, 0) is 4.74 Å². The number of aliphatic hydroxyl groups excluding tert-OH is 1. The maximum atomic E-state index is 9.83. The molecule has 2 atom stereocenters. The van der Waals surface area contributed by atoms with Crippen LogP contribution in [0, 0.1) is 5.92 Å². The monoisotopic (exact) mass is 286 g/mol. The molecule has 2 unspecified atom stereocenters. The van der Waals surface area contributed by atoms with Crippen molar-refractivity contribution in [2.45, 2.75) is 58.6 Å². The average molecular weight is 286 g/mol. The van der Waals surface area contributed by atoms with Gasteiger partial charge in [-0.25, -0.2) is 0 Å². The van der Waals surface area contributed by atoms with E-state index in [-0.39, 0.29) is 6.10 Å². The number of hydrogen-bond acceptors (Lipinski definition) is 4. The zero-order valence-electron chi connectivity index (χ0n) is 13.6. The second-order valence-corrected chi connectivity index (χ2v) is 6.11. The van der Waals surface area contributed by atoms with Crippen molar-refractivity contribution in [2.24, 2.45) is 5.92 Å². The molecule has 0 radical (unpaired) electrons. The summed E-state index contributed by atoms with van der Waals surface area (Å²) < 4.78 is 5.50. The summed E-state index contributed by atoms with van der Waals surface area (Å²) in [6, 6.07) is 0.462. The predicted octanol–water partition coefficient (Wildman–Crippen LogP) is 1.87. The Morgan fingerprint density at radius 3 is 2.60 bits per heavy atom. The summed E-state index contributed by atoms with van der Waals surface area (Å²) in [6.45, 7) is 12.0. The van der Waals surface area contributed by atoms with E-state index in [1.165, 1.54) is 25.8 Å². The van der Waals surface area contributed by atoms with Gasteiger partial charge >= 0.3 is 0 Å². The summed E-state index contributed by atoms with van der Waals surface area (Å²) in [6.07, 6.45) is 4.60. The Balaban J connectivity index is 1.93. The summed E-state index contributed by atoms with van der Waals surface area (Å²) >= 11 is 0. The maximum Gasteiger partial charge on any atom is 0.0897 e. The molecule has 1 aliphatic carbocycles. The smallest absolute Gasteiger partial charge is 0.0897 e. The highest BCUT2D eigenvalue weighted by molar-refractivity contribution is 4.72. The molecular formula is C16H34N2O2. The first kappa shape index (κ1) is 17.9. The zero-order valence-corrected chi connectivity index (χ0v) is 13.6. The van der Waals surface area contributed by atoms with Crippen LogP contribution in [0.3, 0.4) is 0 Å². The fourth-order valence-electron chi connectivity index (χ4n) is 2.31. The quantitative estimate of drug-likeness (QED) is 0.542. The summed E-state index contributed by atoms with van der Waals surface area (Å²) in [7, 11) is 0. The fraction of sp³-hybridized carbons (Fsp3) is 1.00. The van der Waals surface area contributed by atoms with Crippen molar-refractivity contribution in [3.63, 3.8) is 0 Å². The molecule has 2 N–H and O–H groups in total. The van der Waals surface area contributed by atoms with Crippen LogP contribution in [-0.4, -0.2) is 61.5 Å². The number of nitrogens with one attached hydrogen (secondary N) is 1. The van der Waals surface area contributed by atoms with Crippen LogP contribution in [0.1, 0.15) is 46.5 Å². The largest absolute Gasteiger partial charge is 0.389 e. The van der Waals surface area contributed by atoms with Gasteiger partial charge in [0.15, 0.2) is 0 Å². The van der Waals surface area contributed by atoms with Gasteiger partial charge in [0.1, 0.15) is 0 Å². The van der Waals surface area contributed by atoms with E-state index in [1.54, 1.807) is 0 Å². The van der Waals surface area contributed by atoms with E-state index < -0.39 is 0 Å². The van der Waals surface area contributed by atoms with E-state index in [0.717, 1.165) is 32.0 Å². The van der Waals surface area contributed by atoms with Gasteiger partial charge in [-0.3, -0.25) is 0 Å². The van der Waals surface area contributed by atoms with Gasteiger partial charge in [0, 0.05) is 19.2 Å². The SMILES string of the molecule is CCN(CC)CCCC(C)NCC(O)COCC1CC1. The van der Waals surface area contributed by atoms with Gasteiger partial charge < -0.3 is 20.1 Å². The predicted molar refractivity (Wildman–Crippen MR) is 84.0 cm³/mol. The number of nitrogens with zero attached hydrogens (tertiary/aromatic N) is 1. The van der Waals surface area contributed by atoms with Crippen molar-refractivity contribution >= 4 is 0 Å². The third kappa shape index (κ3) is 8.90. The Morgan fingerprint density at radius 1 is 1.30 bits per heavy atom. The van der Waals surface area contributed by atoms with Crippen LogP contribution < -0.4 is 5.32 Å². The lowest BCUT2D eigenvalue weighted by molar-refractivity contribution is 0.0313. The number of rotatable bonds is 13. The lowest BCUT2D eigenvalue weighted by Crippen LogP contribution is -2.36. The molecule has 120 valence electrons. The molecule has 0 aromatic carbocycles. The molecule has 1 rings (SSSR count). The topological polar surface area (TPSA) is 44.7 Å². The molecular weight excluding hydrogens is 252 g/mol. The van der Waals surface area contributed by atoms with Crippen molar-refractivity contribution < 1.29 is 9.84 Å². The molecule has 0 spiro atoms. The van der Waals surface area contributed by atoms with Crippen LogP contribution in [0.5, 0.6) is 0 Å². The lowest BCUT2D eigenvalue weighted by atomic mass is 10.1. The highest BCUT2D eigenvalue weighted by Gasteiger charge is 2.21. The van der Waals surface area contributed by atoms with Gasteiger partial charge in [-0.05, 0) is 58.2 Å². The second kappa shape index (κ2) is 10.6. The maximum absolute atomic E-state index is 9.83.